The third-order valence-corrected chi connectivity index (χ3v) is 11.8. The second-order valence-electron chi connectivity index (χ2n) is 16.0. The van der Waals surface area contributed by atoms with Gasteiger partial charge in [-0.25, -0.2) is 27.6 Å². The fourth-order valence-electron chi connectivity index (χ4n) is 8.16. The Kier molecular flexibility index (Phi) is 13.4. The first kappa shape index (κ1) is 43.7. The van der Waals surface area contributed by atoms with Crippen molar-refractivity contribution in [3.8, 4) is 0 Å². The number of anilines is 6. The quantitative estimate of drug-likeness (QED) is 0.0621. The number of nitrogens with one attached hydrogen (secondary N) is 5. The molecule has 5 aromatic rings. The largest absolute Gasteiger partial charge is 0.369 e. The number of piperidine rings is 2. The number of hydrogen-bond donors (Lipinski definition) is 5. The molecule has 1 atom stereocenters. The van der Waals surface area contributed by atoms with Gasteiger partial charge in [0.05, 0.1) is 23.2 Å². The molecule has 8 rings (SSSR count). The fraction of sp³-hybridized carbons (Fsp3) is 0.304. The number of rotatable bonds is 13. The average molecular weight is 879 g/mol. The minimum Gasteiger partial charge on any atom is -0.369 e. The lowest BCUT2D eigenvalue weighted by Crippen LogP contribution is -2.48. The van der Waals surface area contributed by atoms with Crippen LogP contribution in [0.2, 0.25) is 0 Å². The summed E-state index contributed by atoms with van der Waals surface area (Å²) in [5, 5.41) is 12.4. The summed E-state index contributed by atoms with van der Waals surface area (Å²) in [7, 11) is 0. The Bertz CT molecular complexity index is 2530. The van der Waals surface area contributed by atoms with Crippen molar-refractivity contribution >= 4 is 58.1 Å². The van der Waals surface area contributed by atoms with E-state index in [0.29, 0.717) is 42.4 Å². The average Bonchev–Trinajstić information content (AvgIpc) is 3.28. The molecule has 64 heavy (non-hydrogen) atoms. The molecule has 3 saturated heterocycles. The Labute approximate surface area is 366 Å². The monoisotopic (exact) mass is 878 g/mol. The first-order valence-electron chi connectivity index (χ1n) is 21.1. The van der Waals surface area contributed by atoms with E-state index in [-0.39, 0.29) is 40.9 Å². The van der Waals surface area contributed by atoms with Gasteiger partial charge in [0.2, 0.25) is 17.8 Å². The third-order valence-electron chi connectivity index (χ3n) is 11.8. The fourth-order valence-corrected chi connectivity index (χ4v) is 8.16. The normalized spacial score (nSPS) is 17.4. The number of imide groups is 1. The van der Waals surface area contributed by atoms with Crippen LogP contribution in [-0.4, -0.2) is 89.3 Å². The van der Waals surface area contributed by atoms with E-state index >= 15 is 8.78 Å². The number of hydrogen-bond acceptors (Lipinski definition) is 11. The molecule has 0 radical (unpaired) electrons. The lowest BCUT2D eigenvalue weighted by atomic mass is 9.90. The molecule has 1 aromatic heterocycles. The van der Waals surface area contributed by atoms with Gasteiger partial charge in [0, 0.05) is 74.0 Å². The number of halogens is 4. The molecule has 4 amide bonds. The van der Waals surface area contributed by atoms with Crippen molar-refractivity contribution in [2.75, 3.05) is 66.7 Å². The minimum absolute atomic E-state index is 0.0354. The van der Waals surface area contributed by atoms with E-state index in [0.717, 1.165) is 69.9 Å². The van der Waals surface area contributed by atoms with Crippen LogP contribution in [0.3, 0.4) is 0 Å². The first-order chi connectivity index (χ1) is 30.9. The van der Waals surface area contributed by atoms with Crippen molar-refractivity contribution in [2.45, 2.75) is 38.0 Å². The molecule has 14 nitrogen and oxygen atoms in total. The molecule has 332 valence electrons. The zero-order valence-corrected chi connectivity index (χ0v) is 34.7. The predicted molar refractivity (Wildman–Crippen MR) is 232 cm³/mol. The summed E-state index contributed by atoms with van der Waals surface area (Å²) in [5.41, 5.74) is 4.72. The lowest BCUT2D eigenvalue weighted by molar-refractivity contribution is -0.134. The van der Waals surface area contributed by atoms with Crippen molar-refractivity contribution in [3.63, 3.8) is 0 Å². The maximum atomic E-state index is 15.3. The zero-order valence-electron chi connectivity index (χ0n) is 34.7. The van der Waals surface area contributed by atoms with Crippen LogP contribution in [-0.2, 0) is 9.59 Å². The summed E-state index contributed by atoms with van der Waals surface area (Å²) in [5.74, 6) is -4.99. The first-order valence-corrected chi connectivity index (χ1v) is 21.1. The number of carbonyl (C=O) groups excluding carboxylic acids is 4. The summed E-state index contributed by atoms with van der Waals surface area (Å²) in [6, 6.07) is 20.8. The van der Waals surface area contributed by atoms with Crippen LogP contribution in [0.4, 0.5) is 52.1 Å². The van der Waals surface area contributed by atoms with E-state index < -0.39 is 46.9 Å². The van der Waals surface area contributed by atoms with Crippen LogP contribution in [0.25, 0.3) is 0 Å². The SMILES string of the molecule is O=C1CCC(c2ccc(N3CCN(CCC4CCN(NC(=O)c5ccc(Nc6ncc(F)c(Nc7ccc(NC(=O)c8ccccc8F)cc7)n6)cc5F)CC4)CC3)cc2F)C(=O)N1. The number of benzene rings is 4. The van der Waals surface area contributed by atoms with E-state index in [1.807, 2.05) is 11.1 Å². The lowest BCUT2D eigenvalue weighted by Gasteiger charge is -2.38. The summed E-state index contributed by atoms with van der Waals surface area (Å²) >= 11 is 0. The van der Waals surface area contributed by atoms with Crippen LogP contribution in [0.15, 0.2) is 91.1 Å². The van der Waals surface area contributed by atoms with Gasteiger partial charge in [-0.05, 0) is 105 Å². The predicted octanol–water partition coefficient (Wildman–Crippen LogP) is 6.86. The topological polar surface area (TPSA) is 164 Å². The Morgan fingerprint density at radius 1 is 0.703 bits per heavy atom. The van der Waals surface area contributed by atoms with E-state index in [1.165, 1.54) is 36.4 Å². The molecule has 3 aliphatic heterocycles. The van der Waals surface area contributed by atoms with Crippen molar-refractivity contribution in [1.82, 2.24) is 30.6 Å². The molecule has 1 unspecified atom stereocenters. The molecule has 0 aliphatic carbocycles. The molecule has 0 bridgehead atoms. The number of nitrogens with zero attached hydrogens (tertiary/aromatic N) is 5. The highest BCUT2D eigenvalue weighted by Gasteiger charge is 2.31. The summed E-state index contributed by atoms with van der Waals surface area (Å²) in [6.07, 6.45) is 4.20. The van der Waals surface area contributed by atoms with Gasteiger partial charge < -0.3 is 20.9 Å². The van der Waals surface area contributed by atoms with Gasteiger partial charge >= 0.3 is 0 Å². The highest BCUT2D eigenvalue weighted by molar-refractivity contribution is 6.04. The van der Waals surface area contributed by atoms with Crippen molar-refractivity contribution in [2.24, 2.45) is 5.92 Å². The molecule has 0 saturated carbocycles. The highest BCUT2D eigenvalue weighted by Crippen LogP contribution is 2.31. The molecule has 3 fully saturated rings. The summed E-state index contributed by atoms with van der Waals surface area (Å²) in [6.45, 7) is 5.34. The Balaban J connectivity index is 0.756. The van der Waals surface area contributed by atoms with Crippen LogP contribution in [0.1, 0.15) is 64.3 Å². The zero-order chi connectivity index (χ0) is 44.7. The molecule has 4 heterocycles. The van der Waals surface area contributed by atoms with Gasteiger partial charge in [0.15, 0.2) is 11.6 Å². The molecule has 4 aromatic carbocycles. The van der Waals surface area contributed by atoms with Gasteiger partial charge in [-0.2, -0.15) is 4.98 Å². The van der Waals surface area contributed by atoms with Crippen molar-refractivity contribution in [1.29, 1.82) is 0 Å². The van der Waals surface area contributed by atoms with E-state index in [1.54, 1.807) is 36.4 Å². The van der Waals surface area contributed by atoms with Crippen LogP contribution in [0, 0.1) is 29.2 Å². The van der Waals surface area contributed by atoms with Gasteiger partial charge in [0.1, 0.15) is 17.5 Å². The van der Waals surface area contributed by atoms with E-state index in [9.17, 15) is 28.0 Å². The maximum absolute atomic E-state index is 15.3. The number of piperazine rings is 1. The molecular weight excluding hydrogens is 833 g/mol. The van der Waals surface area contributed by atoms with Crippen molar-refractivity contribution < 1.29 is 36.7 Å². The standard InChI is InChI=1S/C46H46F4N10O4/c47-37-4-2-1-3-35(37)44(63)53-30-7-5-29(6-8-30)52-42-40(50)27-51-46(56-42)54-31-9-11-36(38(48)25-31)45(64)57-60-19-16-28(17-20-60)15-18-58-21-23-59(24-22-58)32-10-12-33(39(49)26-32)34-13-14-41(61)55-43(34)62/h1-12,25-28,34H,13-24H2,(H,53,63)(H,57,64)(H,55,61,62)(H2,51,52,54,56). The minimum atomic E-state index is -0.769. The second kappa shape index (κ2) is 19.6. The number of carbonyl (C=O) groups is 4. The molecule has 18 heteroatoms. The van der Waals surface area contributed by atoms with Gasteiger partial charge in [-0.15, -0.1) is 0 Å². The maximum Gasteiger partial charge on any atom is 0.268 e. The molecule has 3 aliphatic rings. The number of hydrazine groups is 1. The summed E-state index contributed by atoms with van der Waals surface area (Å²) < 4.78 is 59.1. The Morgan fingerprint density at radius 3 is 2.14 bits per heavy atom. The van der Waals surface area contributed by atoms with Crippen LogP contribution in [0.5, 0.6) is 0 Å². The number of aromatic nitrogens is 2. The van der Waals surface area contributed by atoms with Gasteiger partial charge in [-0.3, -0.25) is 34.8 Å². The van der Waals surface area contributed by atoms with Gasteiger partial charge in [-0.1, -0.05) is 18.2 Å². The Hall–Kier alpha value is -6.92. The Morgan fingerprint density at radius 2 is 1.42 bits per heavy atom. The summed E-state index contributed by atoms with van der Waals surface area (Å²) in [4.78, 5) is 62.0. The number of amides is 4. The smallest absolute Gasteiger partial charge is 0.268 e. The van der Waals surface area contributed by atoms with E-state index in [4.69, 9.17) is 0 Å². The van der Waals surface area contributed by atoms with E-state index in [2.05, 4.69) is 46.5 Å². The molecule has 5 N–H and O–H groups in total. The van der Waals surface area contributed by atoms with Gasteiger partial charge in [0.25, 0.3) is 11.8 Å². The third kappa shape index (κ3) is 10.6. The molecule has 0 spiro atoms. The second-order valence-corrected chi connectivity index (χ2v) is 16.0. The highest BCUT2D eigenvalue weighted by atomic mass is 19.1. The van der Waals surface area contributed by atoms with Crippen LogP contribution >= 0.6 is 0 Å². The molecular formula is C46H46F4N10O4. The van der Waals surface area contributed by atoms with Crippen LogP contribution < -0.4 is 31.6 Å². The van der Waals surface area contributed by atoms with Crippen molar-refractivity contribution in [3.05, 3.63) is 131 Å².